The van der Waals surface area contributed by atoms with Crippen molar-refractivity contribution in [2.45, 2.75) is 33.1 Å². The van der Waals surface area contributed by atoms with Crippen molar-refractivity contribution in [2.75, 3.05) is 13.1 Å². The van der Waals surface area contributed by atoms with Crippen LogP contribution < -0.4 is 5.32 Å². The summed E-state index contributed by atoms with van der Waals surface area (Å²) in [5.74, 6) is 1.29. The monoisotopic (exact) mass is 251 g/mol. The molecular weight excluding hydrogens is 230 g/mol. The molecule has 17 heavy (non-hydrogen) atoms. The van der Waals surface area contributed by atoms with Crippen LogP contribution in [0, 0.1) is 11.3 Å². The van der Waals surface area contributed by atoms with E-state index >= 15 is 0 Å². The average Bonchev–Trinajstić information content (AvgIpc) is 2.31. The molecule has 1 aliphatic heterocycles. The molecule has 2 atom stereocenters. The van der Waals surface area contributed by atoms with Crippen LogP contribution in [0.15, 0.2) is 24.3 Å². The molecular formula is C15H22ClN. The zero-order valence-electron chi connectivity index (χ0n) is 11.0. The standard InChI is InChI=1S/C15H22ClN/c1-11(2)15(3)8-9-17-10-14(15)12-4-6-13(16)7-5-12/h4-7,11,14,17H,8-10H2,1-3H3. The molecule has 1 heterocycles. The summed E-state index contributed by atoms with van der Waals surface area (Å²) in [6, 6.07) is 8.37. The minimum absolute atomic E-state index is 0.388. The van der Waals surface area contributed by atoms with E-state index in [1.54, 1.807) is 0 Å². The Labute approximate surface area is 110 Å². The van der Waals surface area contributed by atoms with E-state index in [-0.39, 0.29) is 0 Å². The van der Waals surface area contributed by atoms with Crippen LogP contribution >= 0.6 is 11.6 Å². The number of rotatable bonds is 2. The second-order valence-corrected chi connectivity index (χ2v) is 6.16. The first kappa shape index (κ1) is 12.9. The molecule has 0 spiro atoms. The van der Waals surface area contributed by atoms with Crippen molar-refractivity contribution in [3.8, 4) is 0 Å². The summed E-state index contributed by atoms with van der Waals surface area (Å²) in [7, 11) is 0. The van der Waals surface area contributed by atoms with Crippen molar-refractivity contribution < 1.29 is 0 Å². The highest BCUT2D eigenvalue weighted by Gasteiger charge is 2.39. The van der Waals surface area contributed by atoms with Crippen LogP contribution in [-0.2, 0) is 0 Å². The van der Waals surface area contributed by atoms with Gasteiger partial charge in [0.25, 0.3) is 0 Å². The molecule has 0 aliphatic carbocycles. The largest absolute Gasteiger partial charge is 0.316 e. The van der Waals surface area contributed by atoms with E-state index < -0.39 is 0 Å². The number of hydrogen-bond acceptors (Lipinski definition) is 1. The van der Waals surface area contributed by atoms with Gasteiger partial charge in [-0.15, -0.1) is 0 Å². The zero-order chi connectivity index (χ0) is 12.5. The van der Waals surface area contributed by atoms with E-state index in [2.05, 4.69) is 38.2 Å². The van der Waals surface area contributed by atoms with Gasteiger partial charge >= 0.3 is 0 Å². The smallest absolute Gasteiger partial charge is 0.0406 e. The average molecular weight is 252 g/mol. The molecule has 1 fully saturated rings. The van der Waals surface area contributed by atoms with Gasteiger partial charge in [0.15, 0.2) is 0 Å². The van der Waals surface area contributed by atoms with Crippen LogP contribution in [0.2, 0.25) is 5.02 Å². The van der Waals surface area contributed by atoms with Crippen molar-refractivity contribution >= 4 is 11.6 Å². The lowest BCUT2D eigenvalue weighted by molar-refractivity contribution is 0.120. The van der Waals surface area contributed by atoms with Gasteiger partial charge in [-0.3, -0.25) is 0 Å². The van der Waals surface area contributed by atoms with Gasteiger partial charge < -0.3 is 5.32 Å². The quantitative estimate of drug-likeness (QED) is 0.835. The van der Waals surface area contributed by atoms with Gasteiger partial charge in [0.05, 0.1) is 0 Å². The summed E-state index contributed by atoms with van der Waals surface area (Å²) in [6.45, 7) is 9.33. The predicted molar refractivity (Wildman–Crippen MR) is 74.6 cm³/mol. The van der Waals surface area contributed by atoms with Gasteiger partial charge in [-0.1, -0.05) is 44.5 Å². The van der Waals surface area contributed by atoms with Crippen LogP contribution in [0.5, 0.6) is 0 Å². The van der Waals surface area contributed by atoms with Gasteiger partial charge in [0, 0.05) is 17.5 Å². The van der Waals surface area contributed by atoms with Crippen LogP contribution in [0.4, 0.5) is 0 Å². The van der Waals surface area contributed by atoms with Crippen molar-refractivity contribution in [2.24, 2.45) is 11.3 Å². The Balaban J connectivity index is 2.31. The molecule has 2 unspecified atom stereocenters. The van der Waals surface area contributed by atoms with Crippen LogP contribution in [0.25, 0.3) is 0 Å². The predicted octanol–water partition coefficient (Wildman–Crippen LogP) is 4.08. The van der Waals surface area contributed by atoms with E-state index in [1.807, 2.05) is 12.1 Å². The minimum atomic E-state index is 0.388. The summed E-state index contributed by atoms with van der Waals surface area (Å²) < 4.78 is 0. The SMILES string of the molecule is CC(C)C1(C)CCNCC1c1ccc(Cl)cc1. The first-order valence-electron chi connectivity index (χ1n) is 6.50. The zero-order valence-corrected chi connectivity index (χ0v) is 11.7. The molecule has 1 saturated heterocycles. The van der Waals surface area contributed by atoms with Crippen LogP contribution in [0.1, 0.15) is 38.7 Å². The van der Waals surface area contributed by atoms with E-state index in [9.17, 15) is 0 Å². The molecule has 0 bridgehead atoms. The lowest BCUT2D eigenvalue weighted by Gasteiger charge is -2.45. The minimum Gasteiger partial charge on any atom is -0.316 e. The first-order chi connectivity index (χ1) is 8.04. The molecule has 0 amide bonds. The second kappa shape index (κ2) is 4.99. The Morgan fingerprint density at radius 2 is 1.94 bits per heavy atom. The fourth-order valence-electron chi connectivity index (χ4n) is 2.90. The Hall–Kier alpha value is -0.530. The number of piperidine rings is 1. The number of nitrogens with one attached hydrogen (secondary N) is 1. The molecule has 2 rings (SSSR count). The van der Waals surface area contributed by atoms with E-state index in [0.29, 0.717) is 17.3 Å². The summed E-state index contributed by atoms with van der Waals surface area (Å²) in [6.07, 6.45) is 1.25. The highest BCUT2D eigenvalue weighted by atomic mass is 35.5. The van der Waals surface area contributed by atoms with Crippen molar-refractivity contribution in [3.05, 3.63) is 34.9 Å². The topological polar surface area (TPSA) is 12.0 Å². The molecule has 1 nitrogen and oxygen atoms in total. The second-order valence-electron chi connectivity index (χ2n) is 5.72. The molecule has 1 aromatic carbocycles. The maximum Gasteiger partial charge on any atom is 0.0406 e. The lowest BCUT2D eigenvalue weighted by atomic mass is 9.63. The summed E-state index contributed by atoms with van der Waals surface area (Å²) >= 11 is 5.97. The first-order valence-corrected chi connectivity index (χ1v) is 6.88. The van der Waals surface area contributed by atoms with Gasteiger partial charge in [-0.05, 0) is 42.0 Å². The number of benzene rings is 1. The molecule has 94 valence electrons. The van der Waals surface area contributed by atoms with E-state index in [4.69, 9.17) is 11.6 Å². The van der Waals surface area contributed by atoms with E-state index in [1.165, 1.54) is 12.0 Å². The van der Waals surface area contributed by atoms with Crippen molar-refractivity contribution in [1.82, 2.24) is 5.32 Å². The van der Waals surface area contributed by atoms with Crippen LogP contribution in [-0.4, -0.2) is 13.1 Å². The van der Waals surface area contributed by atoms with Gasteiger partial charge in [0.1, 0.15) is 0 Å². The number of hydrogen-bond donors (Lipinski definition) is 1. The lowest BCUT2D eigenvalue weighted by Crippen LogP contribution is -2.44. The summed E-state index contributed by atoms with van der Waals surface area (Å²) in [5.41, 5.74) is 1.80. The Bertz CT molecular complexity index is 371. The molecule has 0 saturated carbocycles. The summed E-state index contributed by atoms with van der Waals surface area (Å²) in [4.78, 5) is 0. The van der Waals surface area contributed by atoms with Crippen molar-refractivity contribution in [1.29, 1.82) is 0 Å². The molecule has 0 aromatic heterocycles. The Kier molecular flexibility index (Phi) is 3.79. The normalized spacial score (nSPS) is 29.6. The van der Waals surface area contributed by atoms with Gasteiger partial charge in [-0.25, -0.2) is 0 Å². The molecule has 0 radical (unpaired) electrons. The Morgan fingerprint density at radius 1 is 1.29 bits per heavy atom. The third-order valence-corrected chi connectivity index (χ3v) is 4.83. The summed E-state index contributed by atoms with van der Waals surface area (Å²) in [5, 5.41) is 4.35. The molecule has 2 heteroatoms. The molecule has 1 aliphatic rings. The van der Waals surface area contributed by atoms with Crippen molar-refractivity contribution in [3.63, 3.8) is 0 Å². The highest BCUT2D eigenvalue weighted by molar-refractivity contribution is 6.30. The van der Waals surface area contributed by atoms with E-state index in [0.717, 1.165) is 18.1 Å². The maximum absolute atomic E-state index is 5.97. The Morgan fingerprint density at radius 3 is 2.53 bits per heavy atom. The highest BCUT2D eigenvalue weighted by Crippen LogP contribution is 2.46. The third kappa shape index (κ3) is 2.51. The molecule has 1 N–H and O–H groups in total. The van der Waals surface area contributed by atoms with Gasteiger partial charge in [-0.2, -0.15) is 0 Å². The number of halogens is 1. The maximum atomic E-state index is 5.97. The third-order valence-electron chi connectivity index (χ3n) is 4.58. The fourth-order valence-corrected chi connectivity index (χ4v) is 3.02. The van der Waals surface area contributed by atoms with Gasteiger partial charge in [0.2, 0.25) is 0 Å². The molecule has 1 aromatic rings. The fraction of sp³-hybridized carbons (Fsp3) is 0.600. The van der Waals surface area contributed by atoms with Crippen LogP contribution in [0.3, 0.4) is 0 Å².